The first-order chi connectivity index (χ1) is 19.9. The van der Waals surface area contributed by atoms with E-state index in [9.17, 15) is 15.0 Å². The summed E-state index contributed by atoms with van der Waals surface area (Å²) in [5.41, 5.74) is 0.316. The molecule has 2 aliphatic heterocycles. The summed E-state index contributed by atoms with van der Waals surface area (Å²) < 4.78 is 12.3. The number of hydrogen-bond donors (Lipinski definition) is 2. The molecule has 2 aliphatic carbocycles. The van der Waals surface area contributed by atoms with Crippen LogP contribution in [0.4, 0.5) is 0 Å². The molecule has 1 aromatic rings. The first-order valence-corrected chi connectivity index (χ1v) is 16.8. The quantitative estimate of drug-likeness (QED) is 0.150. The maximum absolute atomic E-state index is 12.9. The Bertz CT molecular complexity index is 1080. The fraction of sp³-hybridized carbons (Fsp3) is 0.743. The molecule has 2 bridgehead atoms. The van der Waals surface area contributed by atoms with Crippen LogP contribution in [0, 0.1) is 0 Å². The molecule has 1 fully saturated rings. The van der Waals surface area contributed by atoms with E-state index in [1.807, 2.05) is 12.1 Å². The number of likely N-dealkylation sites (N-methyl/N-ethyl adjacent to an activating group) is 1. The predicted octanol–water partition coefficient (Wildman–Crippen LogP) is 7.47. The van der Waals surface area contributed by atoms with Crippen molar-refractivity contribution in [3.05, 3.63) is 35.1 Å². The van der Waals surface area contributed by atoms with Gasteiger partial charge in [0.25, 0.3) is 0 Å². The van der Waals surface area contributed by atoms with Crippen LogP contribution < -0.4 is 4.74 Å². The van der Waals surface area contributed by atoms with Crippen LogP contribution >= 0.6 is 0 Å². The second kappa shape index (κ2) is 13.5. The highest BCUT2D eigenvalue weighted by Crippen LogP contribution is 2.65. The van der Waals surface area contributed by atoms with Crippen LogP contribution in [-0.4, -0.2) is 52.4 Å². The topological polar surface area (TPSA) is 79.2 Å². The highest BCUT2D eigenvalue weighted by atomic mass is 16.6. The minimum Gasteiger partial charge on any atom is -0.504 e. The summed E-state index contributed by atoms with van der Waals surface area (Å²) in [6, 6.07) is 3.61. The lowest BCUT2D eigenvalue weighted by atomic mass is 9.50. The van der Waals surface area contributed by atoms with Crippen LogP contribution in [-0.2, 0) is 21.4 Å². The first-order valence-electron chi connectivity index (χ1n) is 16.8. The van der Waals surface area contributed by atoms with Crippen molar-refractivity contribution in [2.75, 3.05) is 13.6 Å². The van der Waals surface area contributed by atoms with Crippen molar-refractivity contribution in [2.45, 2.75) is 152 Å². The maximum atomic E-state index is 12.9. The molecule has 1 aromatic carbocycles. The largest absolute Gasteiger partial charge is 0.504 e. The van der Waals surface area contributed by atoms with Gasteiger partial charge >= 0.3 is 5.97 Å². The fourth-order valence-electron chi connectivity index (χ4n) is 8.26. The van der Waals surface area contributed by atoms with Gasteiger partial charge in [-0.05, 0) is 50.6 Å². The molecule has 0 radical (unpaired) electrons. The molecule has 0 aromatic heterocycles. The molecule has 2 heterocycles. The van der Waals surface area contributed by atoms with Crippen molar-refractivity contribution in [3.63, 3.8) is 0 Å². The average molecular weight is 568 g/mol. The minimum atomic E-state index is -1.03. The average Bonchev–Trinajstić information content (AvgIpc) is 3.32. The van der Waals surface area contributed by atoms with E-state index in [1.54, 1.807) is 6.07 Å². The Morgan fingerprint density at radius 2 is 1.59 bits per heavy atom. The zero-order valence-electron chi connectivity index (χ0n) is 25.6. The van der Waals surface area contributed by atoms with Gasteiger partial charge in [0.2, 0.25) is 0 Å². The Morgan fingerprint density at radius 3 is 2.22 bits per heavy atom. The maximum Gasteiger partial charge on any atom is 0.310 e. The van der Waals surface area contributed by atoms with E-state index in [0.717, 1.165) is 36.9 Å². The van der Waals surface area contributed by atoms with Crippen LogP contribution in [0.15, 0.2) is 24.0 Å². The van der Waals surface area contributed by atoms with Gasteiger partial charge in [0.1, 0.15) is 5.76 Å². The SMILES string of the molecule is CCCCCCCCCCCCCCCCCC(=O)OC1=CC[C@@]2(O)[C@H]3Cc4ccc(O)c5c4[C@@]2(CCN3C)[C@H]1O5. The van der Waals surface area contributed by atoms with E-state index in [1.165, 1.54) is 83.5 Å². The molecule has 4 atom stereocenters. The van der Waals surface area contributed by atoms with Crippen LogP contribution in [0.3, 0.4) is 0 Å². The molecule has 6 heteroatoms. The van der Waals surface area contributed by atoms with Crippen molar-refractivity contribution in [3.8, 4) is 11.5 Å². The van der Waals surface area contributed by atoms with Crippen LogP contribution in [0.25, 0.3) is 0 Å². The van der Waals surface area contributed by atoms with Crippen LogP contribution in [0.1, 0.15) is 134 Å². The summed E-state index contributed by atoms with van der Waals surface area (Å²) in [5.74, 6) is 0.834. The number of aliphatic hydroxyl groups is 1. The van der Waals surface area contributed by atoms with E-state index >= 15 is 0 Å². The summed E-state index contributed by atoms with van der Waals surface area (Å²) >= 11 is 0. The van der Waals surface area contributed by atoms with Gasteiger partial charge < -0.3 is 24.6 Å². The van der Waals surface area contributed by atoms with Gasteiger partial charge in [-0.1, -0.05) is 103 Å². The molecule has 228 valence electrons. The third-order valence-electron chi connectivity index (χ3n) is 10.6. The number of benzene rings is 1. The van der Waals surface area contributed by atoms with Gasteiger partial charge in [-0.25, -0.2) is 0 Å². The zero-order valence-corrected chi connectivity index (χ0v) is 25.6. The molecule has 1 saturated heterocycles. The molecular formula is C35H53NO5. The Balaban J connectivity index is 1.04. The predicted molar refractivity (Wildman–Crippen MR) is 162 cm³/mol. The molecular weight excluding hydrogens is 514 g/mol. The third-order valence-corrected chi connectivity index (χ3v) is 10.6. The number of phenols is 1. The molecule has 5 rings (SSSR count). The number of unbranched alkanes of at least 4 members (excludes halogenated alkanes) is 14. The summed E-state index contributed by atoms with van der Waals surface area (Å²) in [6.45, 7) is 3.09. The molecule has 41 heavy (non-hydrogen) atoms. The molecule has 0 amide bonds. The Kier molecular flexibility index (Phi) is 10.0. The van der Waals surface area contributed by atoms with E-state index in [4.69, 9.17) is 9.47 Å². The molecule has 6 nitrogen and oxygen atoms in total. The smallest absolute Gasteiger partial charge is 0.310 e. The van der Waals surface area contributed by atoms with Gasteiger partial charge in [0.15, 0.2) is 17.6 Å². The van der Waals surface area contributed by atoms with Crippen LogP contribution in [0.5, 0.6) is 11.5 Å². The fourth-order valence-corrected chi connectivity index (χ4v) is 8.26. The molecule has 0 saturated carbocycles. The second-order valence-electron chi connectivity index (χ2n) is 13.3. The Morgan fingerprint density at radius 1 is 0.976 bits per heavy atom. The number of phenolic OH excluding ortho intramolecular Hbond substituents is 1. The highest BCUT2D eigenvalue weighted by molar-refractivity contribution is 5.71. The van der Waals surface area contributed by atoms with Crippen molar-refractivity contribution < 1.29 is 24.5 Å². The number of nitrogens with zero attached hydrogens (tertiary/aromatic N) is 1. The molecule has 1 spiro atoms. The van der Waals surface area contributed by atoms with Gasteiger partial charge in [0, 0.05) is 24.4 Å². The third kappa shape index (κ3) is 5.93. The summed E-state index contributed by atoms with van der Waals surface area (Å²) in [4.78, 5) is 15.1. The lowest BCUT2D eigenvalue weighted by molar-refractivity contribution is -0.169. The Labute approximate surface area is 247 Å². The van der Waals surface area contributed by atoms with E-state index in [2.05, 4.69) is 18.9 Å². The monoisotopic (exact) mass is 567 g/mol. The first kappa shape index (κ1) is 30.4. The number of likely N-dealkylation sites (tertiary alicyclic amines) is 1. The van der Waals surface area contributed by atoms with E-state index in [-0.39, 0.29) is 17.8 Å². The van der Waals surface area contributed by atoms with Gasteiger partial charge in [-0.3, -0.25) is 4.79 Å². The second-order valence-corrected chi connectivity index (χ2v) is 13.3. The van der Waals surface area contributed by atoms with Crippen molar-refractivity contribution in [1.29, 1.82) is 0 Å². The van der Waals surface area contributed by atoms with Crippen molar-refractivity contribution in [2.24, 2.45) is 0 Å². The number of aromatic hydroxyl groups is 1. The number of carbonyl (C=O) groups excluding carboxylic acids is 1. The number of esters is 1. The van der Waals surface area contributed by atoms with Gasteiger partial charge in [-0.2, -0.15) is 0 Å². The number of piperidine rings is 1. The molecule has 2 N–H and O–H groups in total. The summed E-state index contributed by atoms with van der Waals surface area (Å²) in [5, 5.41) is 22.9. The zero-order chi connectivity index (χ0) is 28.9. The molecule has 4 aliphatic rings. The lowest BCUT2D eigenvalue weighted by Crippen LogP contribution is -2.74. The van der Waals surface area contributed by atoms with Gasteiger partial charge in [-0.15, -0.1) is 0 Å². The normalized spacial score (nSPS) is 27.7. The van der Waals surface area contributed by atoms with Crippen molar-refractivity contribution >= 4 is 5.97 Å². The minimum absolute atomic E-state index is 0.0424. The Hall–Kier alpha value is -2.05. The molecule has 0 unspecified atom stereocenters. The number of ether oxygens (including phenoxy) is 2. The summed E-state index contributed by atoms with van der Waals surface area (Å²) in [7, 11) is 2.07. The summed E-state index contributed by atoms with van der Waals surface area (Å²) in [6.07, 6.45) is 22.9. The number of carbonyl (C=O) groups is 1. The number of hydrogen-bond acceptors (Lipinski definition) is 6. The highest BCUT2D eigenvalue weighted by Gasteiger charge is 2.72. The van der Waals surface area contributed by atoms with E-state index < -0.39 is 17.1 Å². The number of rotatable bonds is 17. The van der Waals surface area contributed by atoms with Gasteiger partial charge in [0.05, 0.1) is 11.0 Å². The standard InChI is InChI=1S/C35H53NO5/c1-3-4-5-6-7-8-9-10-11-12-13-14-15-16-17-18-30(38)40-28-21-22-35(39)29-25-26-19-20-27(37)32-31(26)34(35,33(28)41-32)23-24-36(29)2/h19-21,29,33,37,39H,3-18,22-25H2,1-2H3/t29-,33+,34+,35-/m1/s1. The van der Waals surface area contributed by atoms with Crippen molar-refractivity contribution in [1.82, 2.24) is 4.90 Å². The van der Waals surface area contributed by atoms with Crippen LogP contribution in [0.2, 0.25) is 0 Å². The van der Waals surface area contributed by atoms with E-state index in [0.29, 0.717) is 30.8 Å². The lowest BCUT2D eigenvalue weighted by Gasteiger charge is -2.61.